The minimum atomic E-state index is -3.45. The Morgan fingerprint density at radius 2 is 1.76 bits per heavy atom. The third-order valence-corrected chi connectivity index (χ3v) is 6.46. The summed E-state index contributed by atoms with van der Waals surface area (Å²) in [6.45, 7) is 4.63. The van der Waals surface area contributed by atoms with Crippen LogP contribution >= 0.6 is 0 Å². The highest BCUT2D eigenvalue weighted by Gasteiger charge is 2.34. The van der Waals surface area contributed by atoms with Crippen LogP contribution in [0.3, 0.4) is 0 Å². The number of nitrogens with one attached hydrogen (secondary N) is 1. The molecule has 2 aromatic rings. The Labute approximate surface area is 172 Å². The molecule has 154 valence electrons. The molecule has 1 aliphatic heterocycles. The lowest BCUT2D eigenvalue weighted by Gasteiger charge is -2.16. The molecule has 0 spiro atoms. The molecule has 1 amide bonds. The zero-order valence-corrected chi connectivity index (χ0v) is 17.7. The van der Waals surface area contributed by atoms with Gasteiger partial charge in [-0.2, -0.15) is 5.10 Å². The molecule has 1 unspecified atom stereocenters. The SMILES string of the molecule is CCC1=NN(Cc2ccccc2C)C(=O)C1CCNS(=O)(=O)Cc1ccccc1. The average molecular weight is 414 g/mol. The Kier molecular flexibility index (Phi) is 6.82. The maximum absolute atomic E-state index is 12.9. The number of nitrogens with zero attached hydrogens (tertiary/aromatic N) is 2. The number of aryl methyl sites for hydroxylation is 1. The molecule has 0 aliphatic carbocycles. The fourth-order valence-electron chi connectivity index (χ4n) is 3.47. The van der Waals surface area contributed by atoms with Crippen molar-refractivity contribution in [3.8, 4) is 0 Å². The number of rotatable bonds is 9. The van der Waals surface area contributed by atoms with Crippen molar-refractivity contribution in [3.63, 3.8) is 0 Å². The molecule has 6 nitrogen and oxygen atoms in total. The van der Waals surface area contributed by atoms with E-state index < -0.39 is 10.0 Å². The van der Waals surface area contributed by atoms with Crippen LogP contribution in [0.15, 0.2) is 59.7 Å². The van der Waals surface area contributed by atoms with E-state index in [1.54, 1.807) is 12.1 Å². The predicted octanol–water partition coefficient (Wildman–Crippen LogP) is 3.23. The van der Waals surface area contributed by atoms with Crippen molar-refractivity contribution >= 4 is 21.6 Å². The number of amides is 1. The van der Waals surface area contributed by atoms with Crippen LogP contribution in [0.4, 0.5) is 0 Å². The van der Waals surface area contributed by atoms with Crippen molar-refractivity contribution in [1.82, 2.24) is 9.73 Å². The van der Waals surface area contributed by atoms with E-state index in [4.69, 9.17) is 0 Å². The summed E-state index contributed by atoms with van der Waals surface area (Å²) >= 11 is 0. The number of benzene rings is 2. The van der Waals surface area contributed by atoms with Crippen LogP contribution in [0.1, 0.15) is 36.5 Å². The lowest BCUT2D eigenvalue weighted by Crippen LogP contribution is -2.32. The van der Waals surface area contributed by atoms with E-state index in [1.165, 1.54) is 5.01 Å². The van der Waals surface area contributed by atoms with E-state index in [2.05, 4.69) is 9.82 Å². The molecule has 1 aliphatic rings. The van der Waals surface area contributed by atoms with Crippen LogP contribution in [0, 0.1) is 12.8 Å². The summed E-state index contributed by atoms with van der Waals surface area (Å²) in [7, 11) is -3.45. The molecule has 3 rings (SSSR count). The molecule has 0 aromatic heterocycles. The van der Waals surface area contributed by atoms with Gasteiger partial charge in [-0.25, -0.2) is 18.1 Å². The van der Waals surface area contributed by atoms with Gasteiger partial charge in [-0.1, -0.05) is 61.5 Å². The summed E-state index contributed by atoms with van der Waals surface area (Å²) in [5.74, 6) is -0.503. The summed E-state index contributed by atoms with van der Waals surface area (Å²) in [6.07, 6.45) is 1.07. The second-order valence-electron chi connectivity index (χ2n) is 7.25. The van der Waals surface area contributed by atoms with Crippen LogP contribution in [0.2, 0.25) is 0 Å². The van der Waals surface area contributed by atoms with Gasteiger partial charge in [0, 0.05) is 6.54 Å². The highest BCUT2D eigenvalue weighted by molar-refractivity contribution is 7.88. The van der Waals surface area contributed by atoms with Crippen LogP contribution in [0.25, 0.3) is 0 Å². The van der Waals surface area contributed by atoms with Gasteiger partial charge in [0.2, 0.25) is 10.0 Å². The van der Waals surface area contributed by atoms with Gasteiger partial charge in [0.1, 0.15) is 0 Å². The smallest absolute Gasteiger partial charge is 0.251 e. The lowest BCUT2D eigenvalue weighted by atomic mass is 9.97. The van der Waals surface area contributed by atoms with E-state index in [0.29, 0.717) is 19.4 Å². The van der Waals surface area contributed by atoms with E-state index in [-0.39, 0.29) is 24.1 Å². The molecule has 29 heavy (non-hydrogen) atoms. The van der Waals surface area contributed by atoms with Crippen molar-refractivity contribution in [2.24, 2.45) is 11.0 Å². The quantitative estimate of drug-likeness (QED) is 0.685. The Hall–Kier alpha value is -2.51. The van der Waals surface area contributed by atoms with Gasteiger partial charge >= 0.3 is 0 Å². The van der Waals surface area contributed by atoms with Gasteiger partial charge < -0.3 is 0 Å². The first-order valence-electron chi connectivity index (χ1n) is 9.84. The van der Waals surface area contributed by atoms with Crippen LogP contribution in [-0.4, -0.2) is 31.6 Å². The number of carbonyl (C=O) groups excluding carboxylic acids is 1. The molecule has 0 saturated heterocycles. The molecule has 1 N–H and O–H groups in total. The summed E-state index contributed by atoms with van der Waals surface area (Å²) in [4.78, 5) is 12.9. The number of hydrazone groups is 1. The first-order valence-corrected chi connectivity index (χ1v) is 11.5. The minimum absolute atomic E-state index is 0.0626. The number of carbonyl (C=O) groups is 1. The lowest BCUT2D eigenvalue weighted by molar-refractivity contribution is -0.132. The Balaban J connectivity index is 1.58. The zero-order chi connectivity index (χ0) is 20.9. The second-order valence-corrected chi connectivity index (χ2v) is 9.05. The van der Waals surface area contributed by atoms with Gasteiger partial charge in [0.15, 0.2) is 0 Å². The van der Waals surface area contributed by atoms with Gasteiger partial charge in [0.25, 0.3) is 5.91 Å². The highest BCUT2D eigenvalue weighted by Crippen LogP contribution is 2.23. The van der Waals surface area contributed by atoms with E-state index in [0.717, 1.165) is 22.4 Å². The van der Waals surface area contributed by atoms with Crippen LogP contribution in [0.5, 0.6) is 0 Å². The van der Waals surface area contributed by atoms with Crippen molar-refractivity contribution in [2.75, 3.05) is 6.54 Å². The van der Waals surface area contributed by atoms with Crippen molar-refractivity contribution in [2.45, 2.75) is 39.0 Å². The number of sulfonamides is 1. The Morgan fingerprint density at radius 3 is 2.45 bits per heavy atom. The number of hydrogen-bond acceptors (Lipinski definition) is 4. The third-order valence-electron chi connectivity index (χ3n) is 5.10. The maximum Gasteiger partial charge on any atom is 0.251 e. The normalized spacial score (nSPS) is 16.9. The monoisotopic (exact) mass is 413 g/mol. The molecular weight excluding hydrogens is 386 g/mol. The molecule has 0 fully saturated rings. The van der Waals surface area contributed by atoms with Gasteiger partial charge in [0.05, 0.1) is 23.9 Å². The first kappa shape index (κ1) is 21.2. The van der Waals surface area contributed by atoms with E-state index >= 15 is 0 Å². The molecular formula is C22H27N3O3S. The van der Waals surface area contributed by atoms with E-state index in [1.807, 2.05) is 56.3 Å². The topological polar surface area (TPSA) is 78.8 Å². The summed E-state index contributed by atoms with van der Waals surface area (Å²) in [5, 5.41) is 6.03. The number of hydrogen-bond donors (Lipinski definition) is 1. The molecule has 0 saturated carbocycles. The molecule has 0 radical (unpaired) electrons. The maximum atomic E-state index is 12.9. The zero-order valence-electron chi connectivity index (χ0n) is 16.8. The Bertz CT molecular complexity index is 987. The first-order chi connectivity index (χ1) is 13.9. The molecule has 1 heterocycles. The van der Waals surface area contributed by atoms with Gasteiger partial charge in [-0.15, -0.1) is 0 Å². The summed E-state index contributed by atoms with van der Waals surface area (Å²) in [5.41, 5.74) is 3.72. The fraction of sp³-hybridized carbons (Fsp3) is 0.364. The average Bonchev–Trinajstić information content (AvgIpc) is 2.99. The van der Waals surface area contributed by atoms with Crippen molar-refractivity contribution in [1.29, 1.82) is 0 Å². The largest absolute Gasteiger partial charge is 0.272 e. The van der Waals surface area contributed by atoms with Gasteiger partial charge in [-0.05, 0) is 36.5 Å². The molecule has 2 aromatic carbocycles. The van der Waals surface area contributed by atoms with Crippen molar-refractivity contribution < 1.29 is 13.2 Å². The third kappa shape index (κ3) is 5.52. The van der Waals surface area contributed by atoms with Crippen LogP contribution < -0.4 is 4.72 Å². The predicted molar refractivity (Wildman–Crippen MR) is 115 cm³/mol. The summed E-state index contributed by atoms with van der Waals surface area (Å²) in [6, 6.07) is 17.0. The Morgan fingerprint density at radius 1 is 1.07 bits per heavy atom. The standard InChI is InChI=1S/C22H27N3O3S/c1-3-21-20(13-14-23-29(27,28)16-18-10-5-4-6-11-18)22(26)25(24-21)15-19-12-8-7-9-17(19)2/h4-12,20,23H,3,13-16H2,1-2H3. The molecule has 7 heteroatoms. The summed E-state index contributed by atoms with van der Waals surface area (Å²) < 4.78 is 27.2. The van der Waals surface area contributed by atoms with Crippen LogP contribution in [-0.2, 0) is 27.1 Å². The minimum Gasteiger partial charge on any atom is -0.272 e. The van der Waals surface area contributed by atoms with Gasteiger partial charge in [-0.3, -0.25) is 4.79 Å². The van der Waals surface area contributed by atoms with Crippen molar-refractivity contribution in [3.05, 3.63) is 71.3 Å². The highest BCUT2D eigenvalue weighted by atomic mass is 32.2. The molecule has 1 atom stereocenters. The van der Waals surface area contributed by atoms with E-state index in [9.17, 15) is 13.2 Å². The molecule has 0 bridgehead atoms. The second kappa shape index (κ2) is 9.33. The fourth-order valence-corrected chi connectivity index (χ4v) is 4.63.